The second-order valence-electron chi connectivity index (χ2n) is 6.80. The Kier molecular flexibility index (Phi) is 5.47. The van der Waals surface area contributed by atoms with Gasteiger partial charge in [0.05, 0.1) is 31.7 Å². The van der Waals surface area contributed by atoms with Gasteiger partial charge in [0, 0.05) is 18.7 Å². The predicted octanol–water partition coefficient (Wildman–Crippen LogP) is 2.46. The average molecular weight is 430 g/mol. The van der Waals surface area contributed by atoms with E-state index in [1.807, 2.05) is 0 Å². The van der Waals surface area contributed by atoms with Crippen LogP contribution in [0.4, 0.5) is 13.2 Å². The summed E-state index contributed by atoms with van der Waals surface area (Å²) in [5, 5.41) is 0. The van der Waals surface area contributed by atoms with E-state index in [4.69, 9.17) is 4.74 Å². The van der Waals surface area contributed by atoms with Gasteiger partial charge >= 0.3 is 5.69 Å². The van der Waals surface area contributed by atoms with E-state index in [0.717, 1.165) is 21.3 Å². The van der Waals surface area contributed by atoms with Crippen LogP contribution >= 0.6 is 0 Å². The van der Waals surface area contributed by atoms with Crippen LogP contribution in [0.2, 0.25) is 0 Å². The summed E-state index contributed by atoms with van der Waals surface area (Å²) in [6.07, 6.45) is 1.27. The molecule has 2 aromatic heterocycles. The summed E-state index contributed by atoms with van der Waals surface area (Å²) in [7, 11) is 1.41. The lowest BCUT2D eigenvalue weighted by Gasteiger charge is -2.13. The second kappa shape index (κ2) is 8.23. The Hall–Kier alpha value is -3.66. The topological polar surface area (TPSA) is 71.1 Å². The molecule has 10 heteroatoms. The first-order chi connectivity index (χ1) is 14.9. The molecule has 4 aromatic rings. The van der Waals surface area contributed by atoms with Crippen molar-refractivity contribution in [2.45, 2.75) is 13.1 Å². The van der Waals surface area contributed by atoms with Crippen molar-refractivity contribution in [2.24, 2.45) is 0 Å². The minimum atomic E-state index is -0.996. The van der Waals surface area contributed by atoms with E-state index < -0.39 is 28.7 Å². The molecule has 0 aliphatic carbocycles. The van der Waals surface area contributed by atoms with Crippen LogP contribution in [0.3, 0.4) is 0 Å². The molecule has 0 N–H and O–H groups in total. The van der Waals surface area contributed by atoms with Crippen molar-refractivity contribution >= 4 is 11.2 Å². The molecule has 31 heavy (non-hydrogen) atoms. The molecule has 0 spiro atoms. The molecule has 0 aliphatic heterocycles. The molecule has 0 atom stereocenters. The quantitative estimate of drug-likeness (QED) is 0.471. The number of hydrogen-bond donors (Lipinski definition) is 0. The summed E-state index contributed by atoms with van der Waals surface area (Å²) in [5.41, 5.74) is -1.64. The summed E-state index contributed by atoms with van der Waals surface area (Å²) < 4.78 is 50.3. The average Bonchev–Trinajstić information content (AvgIpc) is 3.14. The third-order valence-electron chi connectivity index (χ3n) is 4.87. The number of aromatic nitrogens is 4. The predicted molar refractivity (Wildman–Crippen MR) is 107 cm³/mol. The number of hydrogen-bond acceptors (Lipinski definition) is 4. The Labute approximate surface area is 173 Å². The SMILES string of the molecule is COCCn1c(=O)c2c(ncn2Cc2ccccc2F)n(-c2ccc(F)cc2F)c1=O. The van der Waals surface area contributed by atoms with Gasteiger partial charge in [0.25, 0.3) is 5.56 Å². The fraction of sp³-hybridized carbons (Fsp3) is 0.190. The van der Waals surface area contributed by atoms with Crippen LogP contribution in [0.5, 0.6) is 0 Å². The van der Waals surface area contributed by atoms with Crippen molar-refractivity contribution in [3.63, 3.8) is 0 Å². The molecule has 0 radical (unpaired) electrons. The molecule has 2 aromatic carbocycles. The van der Waals surface area contributed by atoms with Crippen molar-refractivity contribution in [3.05, 3.63) is 92.6 Å². The Morgan fingerprint density at radius 1 is 1.03 bits per heavy atom. The van der Waals surface area contributed by atoms with Crippen LogP contribution in [-0.2, 0) is 17.8 Å². The molecule has 4 rings (SSSR count). The summed E-state index contributed by atoms with van der Waals surface area (Å²) in [6.45, 7) is -0.0847. The molecule has 160 valence electrons. The number of fused-ring (bicyclic) bond motifs is 1. The maximum atomic E-state index is 14.5. The monoisotopic (exact) mass is 430 g/mol. The highest BCUT2D eigenvalue weighted by atomic mass is 19.1. The molecule has 2 heterocycles. The van der Waals surface area contributed by atoms with Crippen LogP contribution < -0.4 is 11.2 Å². The second-order valence-corrected chi connectivity index (χ2v) is 6.80. The van der Waals surface area contributed by atoms with Crippen molar-refractivity contribution in [2.75, 3.05) is 13.7 Å². The summed E-state index contributed by atoms with van der Waals surface area (Å²) in [5.74, 6) is -2.28. The van der Waals surface area contributed by atoms with Gasteiger partial charge in [0.2, 0.25) is 0 Å². The molecule has 0 saturated heterocycles. The lowest BCUT2D eigenvalue weighted by atomic mass is 10.2. The lowest BCUT2D eigenvalue weighted by molar-refractivity contribution is 0.184. The van der Waals surface area contributed by atoms with Gasteiger partial charge in [-0.2, -0.15) is 0 Å². The highest BCUT2D eigenvalue weighted by molar-refractivity contribution is 5.72. The zero-order chi connectivity index (χ0) is 22.1. The largest absolute Gasteiger partial charge is 0.383 e. The first-order valence-corrected chi connectivity index (χ1v) is 9.31. The van der Waals surface area contributed by atoms with E-state index in [9.17, 15) is 22.8 Å². The molecule has 0 unspecified atom stereocenters. The van der Waals surface area contributed by atoms with E-state index in [2.05, 4.69) is 4.98 Å². The van der Waals surface area contributed by atoms with Crippen molar-refractivity contribution < 1.29 is 17.9 Å². The first-order valence-electron chi connectivity index (χ1n) is 9.31. The molecular weight excluding hydrogens is 413 g/mol. The summed E-state index contributed by atoms with van der Waals surface area (Å²) in [4.78, 5) is 30.3. The Morgan fingerprint density at radius 2 is 1.81 bits per heavy atom. The summed E-state index contributed by atoms with van der Waals surface area (Å²) in [6, 6.07) is 8.75. The molecular formula is C21H17F3N4O3. The van der Waals surface area contributed by atoms with Crippen LogP contribution in [-0.4, -0.2) is 32.4 Å². The third kappa shape index (κ3) is 3.66. The number of nitrogens with zero attached hydrogens (tertiary/aromatic N) is 4. The van der Waals surface area contributed by atoms with Gasteiger partial charge in [0.1, 0.15) is 17.5 Å². The molecule has 0 fully saturated rings. The number of benzene rings is 2. The van der Waals surface area contributed by atoms with Gasteiger partial charge in [-0.3, -0.25) is 9.36 Å². The fourth-order valence-corrected chi connectivity index (χ4v) is 3.37. The van der Waals surface area contributed by atoms with E-state index in [0.29, 0.717) is 11.6 Å². The zero-order valence-corrected chi connectivity index (χ0v) is 16.4. The minimum Gasteiger partial charge on any atom is -0.383 e. The maximum absolute atomic E-state index is 14.5. The molecule has 0 saturated carbocycles. The zero-order valence-electron chi connectivity index (χ0n) is 16.4. The fourth-order valence-electron chi connectivity index (χ4n) is 3.37. The smallest absolute Gasteiger partial charge is 0.337 e. The van der Waals surface area contributed by atoms with Crippen LogP contribution in [0.15, 0.2) is 58.4 Å². The van der Waals surface area contributed by atoms with Gasteiger partial charge in [-0.05, 0) is 18.2 Å². The number of rotatable bonds is 6. The molecule has 0 bridgehead atoms. The summed E-state index contributed by atoms with van der Waals surface area (Å²) >= 11 is 0. The van der Waals surface area contributed by atoms with Crippen molar-refractivity contribution in [1.29, 1.82) is 0 Å². The normalized spacial score (nSPS) is 11.4. The molecule has 0 amide bonds. The number of ether oxygens (including phenoxy) is 1. The van der Waals surface area contributed by atoms with E-state index in [1.54, 1.807) is 12.1 Å². The van der Waals surface area contributed by atoms with Crippen LogP contribution in [0, 0.1) is 17.5 Å². The lowest BCUT2D eigenvalue weighted by Crippen LogP contribution is -2.41. The number of imidazole rings is 1. The minimum absolute atomic E-state index is 0.0253. The third-order valence-corrected chi connectivity index (χ3v) is 4.87. The molecule has 0 aliphatic rings. The standard InChI is InChI=1S/C21H17F3N4O3/c1-31-9-8-27-20(29)18-19(25-12-26(18)11-13-4-2-3-5-15(13)23)28(21(27)30)17-7-6-14(22)10-16(17)24/h2-7,10,12H,8-9,11H2,1H3. The Bertz CT molecular complexity index is 1390. The van der Waals surface area contributed by atoms with Gasteiger partial charge in [-0.25, -0.2) is 27.5 Å². The maximum Gasteiger partial charge on any atom is 0.337 e. The Morgan fingerprint density at radius 3 is 2.52 bits per heavy atom. The van der Waals surface area contributed by atoms with Crippen LogP contribution in [0.1, 0.15) is 5.56 Å². The highest BCUT2D eigenvalue weighted by Crippen LogP contribution is 2.18. The van der Waals surface area contributed by atoms with Crippen LogP contribution in [0.25, 0.3) is 16.9 Å². The van der Waals surface area contributed by atoms with Crippen molar-refractivity contribution in [1.82, 2.24) is 18.7 Å². The van der Waals surface area contributed by atoms with E-state index >= 15 is 0 Å². The molecule has 7 nitrogen and oxygen atoms in total. The van der Waals surface area contributed by atoms with Gasteiger partial charge in [0.15, 0.2) is 11.2 Å². The van der Waals surface area contributed by atoms with Gasteiger partial charge < -0.3 is 9.30 Å². The van der Waals surface area contributed by atoms with Gasteiger partial charge in [-0.1, -0.05) is 18.2 Å². The van der Waals surface area contributed by atoms with E-state index in [1.165, 1.54) is 30.1 Å². The van der Waals surface area contributed by atoms with E-state index in [-0.39, 0.29) is 36.5 Å². The first kappa shape index (κ1) is 20.6. The number of methoxy groups -OCH3 is 1. The highest BCUT2D eigenvalue weighted by Gasteiger charge is 2.21. The van der Waals surface area contributed by atoms with Crippen molar-refractivity contribution in [3.8, 4) is 5.69 Å². The van der Waals surface area contributed by atoms with Gasteiger partial charge in [-0.15, -0.1) is 0 Å². The number of halogens is 3. The Balaban J connectivity index is 2.01.